The molecule has 0 bridgehead atoms. The summed E-state index contributed by atoms with van der Waals surface area (Å²) in [6.07, 6.45) is 1.64. The van der Waals surface area contributed by atoms with Crippen LogP contribution in [0.2, 0.25) is 10.0 Å². The lowest BCUT2D eigenvalue weighted by Crippen LogP contribution is -2.50. The highest BCUT2D eigenvalue weighted by Crippen LogP contribution is 2.27. The molecule has 0 spiro atoms. The van der Waals surface area contributed by atoms with Crippen molar-refractivity contribution in [2.75, 3.05) is 17.1 Å². The fraction of sp³-hybridized carbons (Fsp3) is 0.316. The van der Waals surface area contributed by atoms with Crippen molar-refractivity contribution in [1.29, 1.82) is 0 Å². The van der Waals surface area contributed by atoms with Gasteiger partial charge in [0.2, 0.25) is 15.9 Å². The molecule has 0 radical (unpaired) electrons. The molecule has 0 aliphatic heterocycles. The summed E-state index contributed by atoms with van der Waals surface area (Å²) in [7, 11) is -3.71. The third-order valence-electron chi connectivity index (χ3n) is 3.79. The number of carbonyl (C=O) groups is 1. The summed E-state index contributed by atoms with van der Waals surface area (Å²) in [5, 5.41) is 3.47. The molecule has 0 fully saturated rings. The maximum absolute atomic E-state index is 12.6. The topological polar surface area (TPSA) is 66.5 Å². The van der Waals surface area contributed by atoms with Gasteiger partial charge in [0, 0.05) is 15.6 Å². The normalized spacial score (nSPS) is 11.9. The van der Waals surface area contributed by atoms with E-state index in [0.29, 0.717) is 6.42 Å². The van der Waals surface area contributed by atoms with Crippen molar-refractivity contribution in [2.24, 2.45) is 0 Å². The van der Waals surface area contributed by atoms with Crippen LogP contribution >= 0.6 is 23.2 Å². The Morgan fingerprint density at radius 1 is 1.07 bits per heavy atom. The molecule has 0 unspecified atom stereocenters. The first kappa shape index (κ1) is 21.5. The standard InChI is InChI=1S/C19H22Cl2N2O3S/c1-19(2,12-14-7-5-4-6-8-14)22-18(24)13-23(27(3,25)26)17-10-15(20)9-16(21)11-17/h4-11H,12-13H2,1-3H3,(H,22,24). The summed E-state index contributed by atoms with van der Waals surface area (Å²) < 4.78 is 25.4. The van der Waals surface area contributed by atoms with Crippen LogP contribution in [0.1, 0.15) is 19.4 Å². The minimum absolute atomic E-state index is 0.242. The smallest absolute Gasteiger partial charge is 0.241 e. The number of rotatable bonds is 7. The summed E-state index contributed by atoms with van der Waals surface area (Å²) in [6, 6.07) is 14.2. The summed E-state index contributed by atoms with van der Waals surface area (Å²) in [5.41, 5.74) is 0.767. The van der Waals surface area contributed by atoms with E-state index in [2.05, 4.69) is 5.32 Å². The zero-order valence-corrected chi connectivity index (χ0v) is 17.7. The Morgan fingerprint density at radius 2 is 1.63 bits per heavy atom. The van der Waals surface area contributed by atoms with Gasteiger partial charge < -0.3 is 5.32 Å². The van der Waals surface area contributed by atoms with Crippen molar-refractivity contribution in [1.82, 2.24) is 5.32 Å². The van der Waals surface area contributed by atoms with Crippen LogP contribution < -0.4 is 9.62 Å². The number of nitrogens with zero attached hydrogens (tertiary/aromatic N) is 1. The van der Waals surface area contributed by atoms with E-state index in [9.17, 15) is 13.2 Å². The lowest BCUT2D eigenvalue weighted by Gasteiger charge is -2.29. The Bertz CT molecular complexity index is 896. The van der Waals surface area contributed by atoms with Crippen LogP contribution in [0.25, 0.3) is 0 Å². The average Bonchev–Trinajstić information content (AvgIpc) is 2.50. The molecule has 0 aliphatic rings. The number of sulfonamides is 1. The molecule has 27 heavy (non-hydrogen) atoms. The zero-order valence-electron chi connectivity index (χ0n) is 15.4. The Kier molecular flexibility index (Phi) is 6.78. The van der Waals surface area contributed by atoms with E-state index in [4.69, 9.17) is 23.2 Å². The molecule has 0 aliphatic carbocycles. The van der Waals surface area contributed by atoms with Crippen LogP contribution in [-0.4, -0.2) is 32.7 Å². The molecule has 2 rings (SSSR count). The quantitative estimate of drug-likeness (QED) is 0.726. The van der Waals surface area contributed by atoms with Gasteiger partial charge in [-0.1, -0.05) is 53.5 Å². The van der Waals surface area contributed by atoms with Crippen molar-refractivity contribution >= 4 is 44.8 Å². The fourth-order valence-corrected chi connectivity index (χ4v) is 4.14. The molecule has 146 valence electrons. The molecular formula is C19H22Cl2N2O3S. The zero-order chi connectivity index (χ0) is 20.2. The second-order valence-electron chi connectivity index (χ2n) is 6.99. The monoisotopic (exact) mass is 428 g/mol. The third kappa shape index (κ3) is 6.72. The van der Waals surface area contributed by atoms with Crippen molar-refractivity contribution < 1.29 is 13.2 Å². The van der Waals surface area contributed by atoms with Gasteiger partial charge >= 0.3 is 0 Å². The van der Waals surface area contributed by atoms with E-state index < -0.39 is 21.5 Å². The summed E-state index contributed by atoms with van der Waals surface area (Å²) in [4.78, 5) is 12.6. The molecule has 0 heterocycles. The van der Waals surface area contributed by atoms with E-state index in [1.807, 2.05) is 44.2 Å². The predicted octanol–water partition coefficient (Wildman–Crippen LogP) is 3.90. The van der Waals surface area contributed by atoms with Gasteiger partial charge in [-0.05, 0) is 44.0 Å². The summed E-state index contributed by atoms with van der Waals surface area (Å²) in [5.74, 6) is -0.419. The summed E-state index contributed by atoms with van der Waals surface area (Å²) >= 11 is 11.9. The van der Waals surface area contributed by atoms with E-state index >= 15 is 0 Å². The minimum Gasteiger partial charge on any atom is -0.349 e. The number of carbonyl (C=O) groups excluding carboxylic acids is 1. The average molecular weight is 429 g/mol. The van der Waals surface area contributed by atoms with Crippen molar-refractivity contribution in [3.8, 4) is 0 Å². The molecule has 2 aromatic carbocycles. The predicted molar refractivity (Wildman–Crippen MR) is 111 cm³/mol. The van der Waals surface area contributed by atoms with Gasteiger partial charge in [-0.25, -0.2) is 8.42 Å². The van der Waals surface area contributed by atoms with E-state index in [-0.39, 0.29) is 22.3 Å². The number of nitrogens with one attached hydrogen (secondary N) is 1. The highest BCUT2D eigenvalue weighted by Gasteiger charge is 2.26. The number of anilines is 1. The fourth-order valence-electron chi connectivity index (χ4n) is 2.78. The van der Waals surface area contributed by atoms with Crippen LogP contribution in [-0.2, 0) is 21.2 Å². The highest BCUT2D eigenvalue weighted by atomic mass is 35.5. The number of hydrogen-bond donors (Lipinski definition) is 1. The van der Waals surface area contributed by atoms with Crippen molar-refractivity contribution in [3.63, 3.8) is 0 Å². The molecule has 8 heteroatoms. The maximum atomic E-state index is 12.6. The largest absolute Gasteiger partial charge is 0.349 e. The lowest BCUT2D eigenvalue weighted by atomic mass is 9.95. The van der Waals surface area contributed by atoms with Gasteiger partial charge in [-0.15, -0.1) is 0 Å². The van der Waals surface area contributed by atoms with Crippen LogP contribution in [0.3, 0.4) is 0 Å². The van der Waals surface area contributed by atoms with Crippen LogP contribution in [0.15, 0.2) is 48.5 Å². The first-order valence-corrected chi connectivity index (χ1v) is 10.9. The molecule has 0 saturated heterocycles. The molecule has 1 N–H and O–H groups in total. The summed E-state index contributed by atoms with van der Waals surface area (Å²) in [6.45, 7) is 3.41. The molecule has 0 aromatic heterocycles. The highest BCUT2D eigenvalue weighted by molar-refractivity contribution is 7.92. The van der Waals surface area contributed by atoms with Gasteiger partial charge in [0.25, 0.3) is 0 Å². The van der Waals surface area contributed by atoms with Gasteiger partial charge in [-0.2, -0.15) is 0 Å². The minimum atomic E-state index is -3.71. The second kappa shape index (κ2) is 8.50. The first-order valence-electron chi connectivity index (χ1n) is 8.25. The molecule has 0 atom stereocenters. The third-order valence-corrected chi connectivity index (χ3v) is 5.37. The van der Waals surface area contributed by atoms with Gasteiger partial charge in [-0.3, -0.25) is 9.10 Å². The number of amides is 1. The van der Waals surface area contributed by atoms with Crippen LogP contribution in [0.4, 0.5) is 5.69 Å². The number of hydrogen-bond acceptors (Lipinski definition) is 3. The van der Waals surface area contributed by atoms with E-state index in [0.717, 1.165) is 16.1 Å². The van der Waals surface area contributed by atoms with E-state index in [1.54, 1.807) is 0 Å². The SMILES string of the molecule is CC(C)(Cc1ccccc1)NC(=O)CN(c1cc(Cl)cc(Cl)c1)S(C)(=O)=O. The number of benzene rings is 2. The molecule has 0 saturated carbocycles. The van der Waals surface area contributed by atoms with Crippen LogP contribution in [0, 0.1) is 0 Å². The second-order valence-corrected chi connectivity index (χ2v) is 9.77. The Labute approximate surface area is 170 Å². The molecule has 2 aromatic rings. The number of halogens is 2. The lowest BCUT2D eigenvalue weighted by molar-refractivity contribution is -0.121. The first-order chi connectivity index (χ1) is 12.5. The molecular weight excluding hydrogens is 407 g/mol. The van der Waals surface area contributed by atoms with Crippen LogP contribution in [0.5, 0.6) is 0 Å². The Balaban J connectivity index is 2.16. The molecule has 1 amide bonds. The van der Waals surface area contributed by atoms with Crippen molar-refractivity contribution in [2.45, 2.75) is 25.8 Å². The van der Waals surface area contributed by atoms with E-state index in [1.165, 1.54) is 18.2 Å². The van der Waals surface area contributed by atoms with Gasteiger partial charge in [0.05, 0.1) is 11.9 Å². The van der Waals surface area contributed by atoms with Crippen molar-refractivity contribution in [3.05, 3.63) is 64.1 Å². The maximum Gasteiger partial charge on any atom is 0.241 e. The van der Waals surface area contributed by atoms with Gasteiger partial charge in [0.15, 0.2) is 0 Å². The Morgan fingerprint density at radius 3 is 2.15 bits per heavy atom. The van der Waals surface area contributed by atoms with Gasteiger partial charge in [0.1, 0.15) is 6.54 Å². The molecule has 5 nitrogen and oxygen atoms in total. The Hall–Kier alpha value is -1.76.